The van der Waals surface area contributed by atoms with Crippen LogP contribution in [0.2, 0.25) is 0 Å². The van der Waals surface area contributed by atoms with Gasteiger partial charge in [0.25, 0.3) is 0 Å². The number of hydrogen-bond acceptors (Lipinski definition) is 2. The van der Waals surface area contributed by atoms with Crippen LogP contribution >= 0.6 is 0 Å². The number of hydrogen-bond donors (Lipinski definition) is 2. The molecule has 0 bridgehead atoms. The number of rotatable bonds is 6. The van der Waals surface area contributed by atoms with Crippen LogP contribution in [0.25, 0.3) is 0 Å². The lowest BCUT2D eigenvalue weighted by Gasteiger charge is -2.27. The molecule has 0 saturated carbocycles. The normalized spacial score (nSPS) is 13.9. The van der Waals surface area contributed by atoms with Crippen LogP contribution in [0.3, 0.4) is 0 Å². The molecule has 0 spiro atoms. The molecule has 1 aromatic carbocycles. The van der Waals surface area contributed by atoms with Crippen molar-refractivity contribution in [2.45, 2.75) is 39.3 Å². The second-order valence-electron chi connectivity index (χ2n) is 5.86. The van der Waals surface area contributed by atoms with E-state index in [1.807, 2.05) is 13.8 Å². The SMILES string of the molecule is CC(O)CN(C)C(=O)NC(Cc1ccc(F)cc1)C(C)C. The quantitative estimate of drug-likeness (QED) is 0.847. The van der Waals surface area contributed by atoms with Crippen molar-refractivity contribution in [2.24, 2.45) is 5.92 Å². The minimum absolute atomic E-state index is 0.0422. The summed E-state index contributed by atoms with van der Waals surface area (Å²) < 4.78 is 12.9. The van der Waals surface area contributed by atoms with Crippen LogP contribution in [0.5, 0.6) is 0 Å². The molecule has 2 N–H and O–H groups in total. The highest BCUT2D eigenvalue weighted by Crippen LogP contribution is 2.12. The monoisotopic (exact) mass is 296 g/mol. The van der Waals surface area contributed by atoms with Crippen molar-refractivity contribution in [3.05, 3.63) is 35.6 Å². The molecule has 21 heavy (non-hydrogen) atoms. The van der Waals surface area contributed by atoms with E-state index in [1.165, 1.54) is 17.0 Å². The van der Waals surface area contributed by atoms with Crippen LogP contribution < -0.4 is 5.32 Å². The predicted molar refractivity (Wildman–Crippen MR) is 81.6 cm³/mol. The average Bonchev–Trinajstić information content (AvgIpc) is 2.39. The van der Waals surface area contributed by atoms with E-state index in [1.54, 1.807) is 26.1 Å². The maximum Gasteiger partial charge on any atom is 0.317 e. The summed E-state index contributed by atoms with van der Waals surface area (Å²) in [7, 11) is 1.65. The van der Waals surface area contributed by atoms with Gasteiger partial charge in [-0.05, 0) is 37.0 Å². The van der Waals surface area contributed by atoms with E-state index < -0.39 is 6.10 Å². The molecule has 0 aromatic heterocycles. The Morgan fingerprint density at radius 2 is 1.86 bits per heavy atom. The van der Waals surface area contributed by atoms with E-state index in [2.05, 4.69) is 5.32 Å². The molecule has 5 heteroatoms. The third-order valence-corrected chi connectivity index (χ3v) is 3.37. The molecule has 0 heterocycles. The fourth-order valence-electron chi connectivity index (χ4n) is 2.08. The first kappa shape index (κ1) is 17.4. The second-order valence-corrected chi connectivity index (χ2v) is 5.86. The fourth-order valence-corrected chi connectivity index (χ4v) is 2.08. The van der Waals surface area contributed by atoms with Gasteiger partial charge in [0.15, 0.2) is 0 Å². The van der Waals surface area contributed by atoms with Crippen molar-refractivity contribution < 1.29 is 14.3 Å². The number of nitrogens with zero attached hydrogens (tertiary/aromatic N) is 1. The number of benzene rings is 1. The van der Waals surface area contributed by atoms with Crippen molar-refractivity contribution in [1.29, 1.82) is 0 Å². The predicted octanol–water partition coefficient (Wildman–Crippen LogP) is 2.42. The van der Waals surface area contributed by atoms with E-state index in [-0.39, 0.29) is 30.4 Å². The zero-order valence-electron chi connectivity index (χ0n) is 13.1. The van der Waals surface area contributed by atoms with E-state index in [0.717, 1.165) is 5.56 Å². The summed E-state index contributed by atoms with van der Waals surface area (Å²) >= 11 is 0. The highest BCUT2D eigenvalue weighted by atomic mass is 19.1. The van der Waals surface area contributed by atoms with Gasteiger partial charge in [-0.2, -0.15) is 0 Å². The Hall–Kier alpha value is -1.62. The van der Waals surface area contributed by atoms with Crippen LogP contribution in [0, 0.1) is 11.7 Å². The molecule has 0 aliphatic heterocycles. The van der Waals surface area contributed by atoms with Gasteiger partial charge in [0.2, 0.25) is 0 Å². The fraction of sp³-hybridized carbons (Fsp3) is 0.562. The Morgan fingerprint density at radius 3 is 2.33 bits per heavy atom. The van der Waals surface area contributed by atoms with Gasteiger partial charge in [0.05, 0.1) is 6.10 Å². The van der Waals surface area contributed by atoms with Crippen molar-refractivity contribution in [3.8, 4) is 0 Å². The van der Waals surface area contributed by atoms with Crippen LogP contribution in [-0.4, -0.2) is 41.8 Å². The van der Waals surface area contributed by atoms with Gasteiger partial charge in [-0.1, -0.05) is 26.0 Å². The van der Waals surface area contributed by atoms with Gasteiger partial charge < -0.3 is 15.3 Å². The largest absolute Gasteiger partial charge is 0.392 e. The van der Waals surface area contributed by atoms with Crippen molar-refractivity contribution in [2.75, 3.05) is 13.6 Å². The van der Waals surface area contributed by atoms with Gasteiger partial charge in [0.1, 0.15) is 5.82 Å². The number of aliphatic hydroxyl groups excluding tert-OH is 1. The van der Waals surface area contributed by atoms with Crippen molar-refractivity contribution in [3.63, 3.8) is 0 Å². The minimum atomic E-state index is -0.560. The lowest BCUT2D eigenvalue weighted by molar-refractivity contribution is 0.141. The molecule has 0 saturated heterocycles. The molecular weight excluding hydrogens is 271 g/mol. The molecule has 0 radical (unpaired) electrons. The molecule has 1 rings (SSSR count). The minimum Gasteiger partial charge on any atom is -0.392 e. The topological polar surface area (TPSA) is 52.6 Å². The molecular formula is C16H25FN2O2. The molecule has 0 aliphatic rings. The van der Waals surface area contributed by atoms with Gasteiger partial charge in [-0.25, -0.2) is 9.18 Å². The second kappa shape index (κ2) is 7.98. The number of halogens is 1. The maximum atomic E-state index is 12.9. The molecule has 0 fully saturated rings. The number of urea groups is 1. The Kier molecular flexibility index (Phi) is 6.62. The zero-order valence-corrected chi connectivity index (χ0v) is 13.1. The zero-order chi connectivity index (χ0) is 16.0. The van der Waals surface area contributed by atoms with Crippen LogP contribution in [0.15, 0.2) is 24.3 Å². The third kappa shape index (κ3) is 6.12. The van der Waals surface area contributed by atoms with Gasteiger partial charge in [0, 0.05) is 19.6 Å². The Bertz CT molecular complexity index is 446. The van der Waals surface area contributed by atoms with Crippen molar-refractivity contribution in [1.82, 2.24) is 10.2 Å². The molecule has 2 atom stereocenters. The smallest absolute Gasteiger partial charge is 0.317 e. The van der Waals surface area contributed by atoms with E-state index in [0.29, 0.717) is 6.42 Å². The van der Waals surface area contributed by atoms with Gasteiger partial charge in [-0.15, -0.1) is 0 Å². The lowest BCUT2D eigenvalue weighted by atomic mass is 9.96. The van der Waals surface area contributed by atoms with Crippen LogP contribution in [0.4, 0.5) is 9.18 Å². The number of amides is 2. The molecule has 0 aliphatic carbocycles. The third-order valence-electron chi connectivity index (χ3n) is 3.37. The highest BCUT2D eigenvalue weighted by molar-refractivity contribution is 5.74. The summed E-state index contributed by atoms with van der Waals surface area (Å²) in [6.07, 6.45) is 0.0852. The van der Waals surface area contributed by atoms with E-state index in [4.69, 9.17) is 0 Å². The summed E-state index contributed by atoms with van der Waals surface area (Å²) in [6.45, 7) is 5.99. The summed E-state index contributed by atoms with van der Waals surface area (Å²) in [4.78, 5) is 13.5. The number of nitrogens with one attached hydrogen (secondary N) is 1. The maximum absolute atomic E-state index is 12.9. The first-order valence-electron chi connectivity index (χ1n) is 7.23. The Morgan fingerprint density at radius 1 is 1.29 bits per heavy atom. The van der Waals surface area contributed by atoms with Crippen LogP contribution in [0.1, 0.15) is 26.3 Å². The Labute approximate surface area is 126 Å². The van der Waals surface area contributed by atoms with E-state index >= 15 is 0 Å². The van der Waals surface area contributed by atoms with E-state index in [9.17, 15) is 14.3 Å². The van der Waals surface area contributed by atoms with Gasteiger partial charge >= 0.3 is 6.03 Å². The molecule has 2 amide bonds. The average molecular weight is 296 g/mol. The summed E-state index contributed by atoms with van der Waals surface area (Å²) in [5.41, 5.74) is 0.980. The van der Waals surface area contributed by atoms with Gasteiger partial charge in [-0.3, -0.25) is 0 Å². The van der Waals surface area contributed by atoms with Crippen molar-refractivity contribution >= 4 is 6.03 Å². The number of likely N-dealkylation sites (N-methyl/N-ethyl adjacent to an activating group) is 1. The standard InChI is InChI=1S/C16H25FN2O2/c1-11(2)15(9-13-5-7-14(17)8-6-13)18-16(21)19(4)10-12(3)20/h5-8,11-12,15,20H,9-10H2,1-4H3,(H,18,21). The highest BCUT2D eigenvalue weighted by Gasteiger charge is 2.19. The molecule has 4 nitrogen and oxygen atoms in total. The molecule has 118 valence electrons. The molecule has 2 unspecified atom stereocenters. The number of carbonyl (C=O) groups is 1. The molecule has 1 aromatic rings. The van der Waals surface area contributed by atoms with Crippen LogP contribution in [-0.2, 0) is 6.42 Å². The first-order valence-corrected chi connectivity index (χ1v) is 7.23. The lowest BCUT2D eigenvalue weighted by Crippen LogP contribution is -2.47. The number of aliphatic hydroxyl groups is 1. The Balaban J connectivity index is 2.65. The summed E-state index contributed by atoms with van der Waals surface area (Å²) in [5, 5.41) is 12.3. The first-order chi connectivity index (χ1) is 9.79. The number of carbonyl (C=O) groups excluding carboxylic acids is 1. The summed E-state index contributed by atoms with van der Waals surface area (Å²) in [6, 6.07) is 6.06. The summed E-state index contributed by atoms with van der Waals surface area (Å²) in [5.74, 6) is -0.0143.